The van der Waals surface area contributed by atoms with E-state index in [1.54, 1.807) is 17.8 Å². The maximum atomic E-state index is 6.45. The summed E-state index contributed by atoms with van der Waals surface area (Å²) in [6.45, 7) is 0. The standard InChI is InChI=1S/C17H25NS/c18-16(8-11-1-2-19-10-11)9-17-14-4-12-3-13(6-14)7-15(17)5-12/h1-2,10,12-17H,3-9,18H2. The molecule has 2 N–H and O–H groups in total. The van der Waals surface area contributed by atoms with Crippen LogP contribution in [0.1, 0.15) is 44.1 Å². The highest BCUT2D eigenvalue weighted by atomic mass is 32.1. The average Bonchev–Trinajstić information content (AvgIpc) is 2.85. The van der Waals surface area contributed by atoms with E-state index in [9.17, 15) is 0 Å². The second-order valence-corrected chi connectivity index (χ2v) is 8.21. The summed E-state index contributed by atoms with van der Waals surface area (Å²) >= 11 is 1.79. The zero-order chi connectivity index (χ0) is 12.8. The molecule has 1 nitrogen and oxygen atoms in total. The highest BCUT2D eigenvalue weighted by Crippen LogP contribution is 2.57. The van der Waals surface area contributed by atoms with Crippen LogP contribution in [0.15, 0.2) is 16.8 Å². The van der Waals surface area contributed by atoms with Crippen LogP contribution in [-0.4, -0.2) is 6.04 Å². The van der Waals surface area contributed by atoms with Gasteiger partial charge in [-0.05, 0) is 96.9 Å². The smallest absolute Gasteiger partial charge is 0.00824 e. The van der Waals surface area contributed by atoms with Gasteiger partial charge in [-0.2, -0.15) is 11.3 Å². The van der Waals surface area contributed by atoms with Crippen molar-refractivity contribution in [1.82, 2.24) is 0 Å². The van der Waals surface area contributed by atoms with E-state index in [2.05, 4.69) is 16.8 Å². The summed E-state index contributed by atoms with van der Waals surface area (Å²) in [5.74, 6) is 5.20. The molecule has 4 fully saturated rings. The maximum absolute atomic E-state index is 6.45. The van der Waals surface area contributed by atoms with Crippen molar-refractivity contribution < 1.29 is 0 Å². The van der Waals surface area contributed by atoms with Crippen molar-refractivity contribution in [2.45, 2.75) is 51.0 Å². The molecule has 0 aliphatic heterocycles. The third-order valence-corrected chi connectivity index (χ3v) is 6.81. The Morgan fingerprint density at radius 3 is 2.37 bits per heavy atom. The molecule has 19 heavy (non-hydrogen) atoms. The first kappa shape index (κ1) is 12.4. The minimum absolute atomic E-state index is 0.386. The molecule has 104 valence electrons. The molecule has 1 aromatic heterocycles. The Balaban J connectivity index is 1.40. The third kappa shape index (κ3) is 2.38. The SMILES string of the molecule is NC(Cc1ccsc1)CC1C2CC3CC(C2)CC1C3. The average molecular weight is 275 g/mol. The van der Waals surface area contributed by atoms with Crippen molar-refractivity contribution in [3.8, 4) is 0 Å². The van der Waals surface area contributed by atoms with Gasteiger partial charge in [-0.25, -0.2) is 0 Å². The fourth-order valence-electron chi connectivity index (χ4n) is 5.57. The Bertz CT molecular complexity index is 396. The molecule has 4 saturated carbocycles. The zero-order valence-electron chi connectivity index (χ0n) is 11.6. The lowest BCUT2D eigenvalue weighted by Crippen LogP contribution is -2.47. The van der Waals surface area contributed by atoms with Gasteiger partial charge in [0.15, 0.2) is 0 Å². The molecule has 1 aromatic rings. The lowest BCUT2D eigenvalue weighted by atomic mass is 9.51. The molecule has 2 heteroatoms. The summed E-state index contributed by atoms with van der Waals surface area (Å²) in [4.78, 5) is 0. The van der Waals surface area contributed by atoms with Crippen molar-refractivity contribution in [1.29, 1.82) is 0 Å². The first-order chi connectivity index (χ1) is 9.28. The van der Waals surface area contributed by atoms with Crippen molar-refractivity contribution in [2.24, 2.45) is 35.3 Å². The number of hydrogen-bond donors (Lipinski definition) is 1. The third-order valence-electron chi connectivity index (χ3n) is 6.07. The Labute approximate surface area is 120 Å². The number of thiophene rings is 1. The molecule has 0 amide bonds. The Morgan fingerprint density at radius 2 is 1.79 bits per heavy atom. The van der Waals surface area contributed by atoms with Crippen molar-refractivity contribution in [2.75, 3.05) is 0 Å². The predicted octanol–water partition coefficient (Wildman–Crippen LogP) is 4.08. The van der Waals surface area contributed by atoms with E-state index in [-0.39, 0.29) is 0 Å². The molecular formula is C17H25NS. The Kier molecular flexibility index (Phi) is 3.19. The van der Waals surface area contributed by atoms with E-state index in [1.807, 2.05) is 0 Å². The minimum Gasteiger partial charge on any atom is -0.327 e. The van der Waals surface area contributed by atoms with Crippen LogP contribution >= 0.6 is 11.3 Å². The molecule has 0 saturated heterocycles. The summed E-state index contributed by atoms with van der Waals surface area (Å²) in [6.07, 6.45) is 10.1. The first-order valence-corrected chi connectivity index (χ1v) is 8.99. The lowest BCUT2D eigenvalue weighted by Gasteiger charge is -2.55. The second-order valence-electron chi connectivity index (χ2n) is 7.43. The largest absolute Gasteiger partial charge is 0.327 e. The molecule has 1 unspecified atom stereocenters. The van der Waals surface area contributed by atoms with Crippen molar-refractivity contribution in [3.05, 3.63) is 22.4 Å². The highest BCUT2D eigenvalue weighted by Gasteiger charge is 2.48. The zero-order valence-corrected chi connectivity index (χ0v) is 12.4. The lowest BCUT2D eigenvalue weighted by molar-refractivity contribution is -0.0419. The van der Waals surface area contributed by atoms with Crippen LogP contribution in [0.3, 0.4) is 0 Å². The fraction of sp³-hybridized carbons (Fsp3) is 0.765. The van der Waals surface area contributed by atoms with Gasteiger partial charge in [-0.15, -0.1) is 0 Å². The molecular weight excluding hydrogens is 250 g/mol. The molecule has 4 aliphatic rings. The van der Waals surface area contributed by atoms with Crippen LogP contribution in [0.25, 0.3) is 0 Å². The second kappa shape index (κ2) is 4.89. The van der Waals surface area contributed by atoms with Gasteiger partial charge in [0, 0.05) is 6.04 Å². The normalized spacial score (nSPS) is 41.6. The van der Waals surface area contributed by atoms with Gasteiger partial charge >= 0.3 is 0 Å². The summed E-state index contributed by atoms with van der Waals surface area (Å²) < 4.78 is 0. The van der Waals surface area contributed by atoms with E-state index >= 15 is 0 Å². The first-order valence-electron chi connectivity index (χ1n) is 8.04. The van der Waals surface area contributed by atoms with E-state index in [0.717, 1.165) is 36.0 Å². The van der Waals surface area contributed by atoms with Gasteiger partial charge in [0.05, 0.1) is 0 Å². The molecule has 0 radical (unpaired) electrons. The van der Waals surface area contributed by atoms with Crippen LogP contribution in [-0.2, 0) is 6.42 Å². The maximum Gasteiger partial charge on any atom is 0.00824 e. The highest BCUT2D eigenvalue weighted by molar-refractivity contribution is 7.07. The van der Waals surface area contributed by atoms with Crippen molar-refractivity contribution in [3.63, 3.8) is 0 Å². The Morgan fingerprint density at radius 1 is 1.11 bits per heavy atom. The molecule has 0 aromatic carbocycles. The Hall–Kier alpha value is -0.340. The number of hydrogen-bond acceptors (Lipinski definition) is 2. The van der Waals surface area contributed by atoms with Gasteiger partial charge in [-0.1, -0.05) is 0 Å². The molecule has 4 bridgehead atoms. The monoisotopic (exact) mass is 275 g/mol. The topological polar surface area (TPSA) is 26.0 Å². The van der Waals surface area contributed by atoms with Gasteiger partial charge in [0.2, 0.25) is 0 Å². The summed E-state index contributed by atoms with van der Waals surface area (Å²) in [5, 5.41) is 4.43. The van der Waals surface area contributed by atoms with Gasteiger partial charge in [-0.3, -0.25) is 0 Å². The van der Waals surface area contributed by atoms with Crippen LogP contribution in [0.5, 0.6) is 0 Å². The summed E-state index contributed by atoms with van der Waals surface area (Å²) in [5.41, 5.74) is 7.90. The summed E-state index contributed by atoms with van der Waals surface area (Å²) in [6, 6.07) is 2.62. The van der Waals surface area contributed by atoms with E-state index in [1.165, 1.54) is 37.7 Å². The predicted molar refractivity (Wildman–Crippen MR) is 81.2 cm³/mol. The molecule has 4 aliphatic carbocycles. The molecule has 5 rings (SSSR count). The molecule has 1 atom stereocenters. The summed E-state index contributed by atoms with van der Waals surface area (Å²) in [7, 11) is 0. The van der Waals surface area contributed by atoms with Crippen molar-refractivity contribution >= 4 is 11.3 Å². The van der Waals surface area contributed by atoms with E-state index in [4.69, 9.17) is 5.73 Å². The van der Waals surface area contributed by atoms with E-state index < -0.39 is 0 Å². The van der Waals surface area contributed by atoms with Crippen LogP contribution in [0.2, 0.25) is 0 Å². The van der Waals surface area contributed by atoms with Crippen LogP contribution in [0, 0.1) is 29.6 Å². The quantitative estimate of drug-likeness (QED) is 0.880. The minimum atomic E-state index is 0.386. The molecule has 1 heterocycles. The fourth-order valence-corrected chi connectivity index (χ4v) is 6.25. The van der Waals surface area contributed by atoms with E-state index in [0.29, 0.717) is 6.04 Å². The number of nitrogens with two attached hydrogens (primary N) is 1. The molecule has 0 spiro atoms. The van der Waals surface area contributed by atoms with Crippen LogP contribution < -0.4 is 5.73 Å². The van der Waals surface area contributed by atoms with Gasteiger partial charge < -0.3 is 5.73 Å². The van der Waals surface area contributed by atoms with Gasteiger partial charge in [0.1, 0.15) is 0 Å². The number of rotatable bonds is 4. The van der Waals surface area contributed by atoms with Crippen LogP contribution in [0.4, 0.5) is 0 Å². The van der Waals surface area contributed by atoms with Gasteiger partial charge in [0.25, 0.3) is 0 Å².